The molecule has 0 radical (unpaired) electrons. The number of aromatic nitrogens is 2. The van der Waals surface area contributed by atoms with Gasteiger partial charge in [-0.1, -0.05) is 12.1 Å². The number of aromatic amines is 1. The topological polar surface area (TPSA) is 78.1 Å². The van der Waals surface area contributed by atoms with E-state index in [1.54, 1.807) is 23.2 Å². The van der Waals surface area contributed by atoms with Gasteiger partial charge in [-0.3, -0.25) is 14.7 Å². The van der Waals surface area contributed by atoms with Crippen LogP contribution < -0.4 is 5.32 Å². The Morgan fingerprint density at radius 2 is 2.12 bits per heavy atom. The summed E-state index contributed by atoms with van der Waals surface area (Å²) in [6.45, 7) is 2.02. The van der Waals surface area contributed by atoms with E-state index in [1.165, 1.54) is 19.1 Å². The lowest BCUT2D eigenvalue weighted by Crippen LogP contribution is -2.39. The standard InChI is InChI=1S/C17H19FN4O2/c1-11(23)19-10-16(24)22-8-2-3-15(22)17-14(9-20-21-17)12-4-6-13(18)7-5-12/h4-7,9,15H,2-3,8,10H2,1H3,(H,19,23)(H,20,21)/t15-/m1/s1. The Kier molecular flexibility index (Phi) is 4.59. The molecule has 0 unspecified atom stereocenters. The summed E-state index contributed by atoms with van der Waals surface area (Å²) in [5.74, 6) is -0.642. The minimum atomic E-state index is -0.295. The fourth-order valence-corrected chi connectivity index (χ4v) is 3.08. The first-order valence-electron chi connectivity index (χ1n) is 7.89. The third-order valence-corrected chi connectivity index (χ3v) is 4.22. The zero-order valence-corrected chi connectivity index (χ0v) is 13.4. The molecular formula is C17H19FN4O2. The molecule has 2 amide bonds. The van der Waals surface area contributed by atoms with Crippen LogP contribution in [-0.2, 0) is 9.59 Å². The van der Waals surface area contributed by atoms with E-state index < -0.39 is 0 Å². The van der Waals surface area contributed by atoms with Gasteiger partial charge in [0.15, 0.2) is 0 Å². The van der Waals surface area contributed by atoms with E-state index in [0.717, 1.165) is 29.7 Å². The van der Waals surface area contributed by atoms with E-state index in [1.807, 2.05) is 0 Å². The average molecular weight is 330 g/mol. The molecule has 24 heavy (non-hydrogen) atoms. The number of halogens is 1. The minimum Gasteiger partial charge on any atom is -0.347 e. The van der Waals surface area contributed by atoms with Crippen molar-refractivity contribution in [1.29, 1.82) is 0 Å². The van der Waals surface area contributed by atoms with Gasteiger partial charge >= 0.3 is 0 Å². The number of carbonyl (C=O) groups excluding carboxylic acids is 2. The second kappa shape index (κ2) is 6.82. The molecule has 0 bridgehead atoms. The summed E-state index contributed by atoms with van der Waals surface area (Å²) in [5, 5.41) is 9.64. The van der Waals surface area contributed by atoms with Crippen LogP contribution >= 0.6 is 0 Å². The number of nitrogens with one attached hydrogen (secondary N) is 2. The van der Waals surface area contributed by atoms with Gasteiger partial charge in [0, 0.05) is 19.0 Å². The van der Waals surface area contributed by atoms with Crippen molar-refractivity contribution in [2.24, 2.45) is 0 Å². The molecule has 126 valence electrons. The molecule has 1 fully saturated rings. The summed E-state index contributed by atoms with van der Waals surface area (Å²) in [6.07, 6.45) is 3.40. The quantitative estimate of drug-likeness (QED) is 0.900. The van der Waals surface area contributed by atoms with E-state index in [4.69, 9.17) is 0 Å². The third-order valence-electron chi connectivity index (χ3n) is 4.22. The highest BCUT2D eigenvalue weighted by molar-refractivity contribution is 5.84. The van der Waals surface area contributed by atoms with Crippen LogP contribution in [0.2, 0.25) is 0 Å². The summed E-state index contributed by atoms with van der Waals surface area (Å²) in [4.78, 5) is 25.1. The maximum Gasteiger partial charge on any atom is 0.242 e. The second-order valence-electron chi connectivity index (χ2n) is 5.86. The number of nitrogens with zero attached hydrogens (tertiary/aromatic N) is 2. The number of benzene rings is 1. The van der Waals surface area contributed by atoms with Gasteiger partial charge in [-0.2, -0.15) is 5.10 Å². The van der Waals surface area contributed by atoms with Gasteiger partial charge < -0.3 is 10.2 Å². The van der Waals surface area contributed by atoms with Gasteiger partial charge in [-0.15, -0.1) is 0 Å². The highest BCUT2D eigenvalue weighted by Gasteiger charge is 2.32. The van der Waals surface area contributed by atoms with Crippen LogP contribution in [0.1, 0.15) is 31.5 Å². The molecule has 7 heteroatoms. The van der Waals surface area contributed by atoms with Gasteiger partial charge in [-0.25, -0.2) is 4.39 Å². The lowest BCUT2D eigenvalue weighted by molar-refractivity contribution is -0.133. The molecule has 2 aromatic rings. The largest absolute Gasteiger partial charge is 0.347 e. The molecule has 1 saturated heterocycles. The highest BCUT2D eigenvalue weighted by Crippen LogP contribution is 2.36. The van der Waals surface area contributed by atoms with Crippen LogP contribution in [0.15, 0.2) is 30.5 Å². The van der Waals surface area contributed by atoms with E-state index in [0.29, 0.717) is 6.54 Å². The van der Waals surface area contributed by atoms with Gasteiger partial charge in [0.05, 0.1) is 24.5 Å². The number of hydrogen-bond acceptors (Lipinski definition) is 3. The van der Waals surface area contributed by atoms with Crippen molar-refractivity contribution >= 4 is 11.8 Å². The summed E-state index contributed by atoms with van der Waals surface area (Å²) in [5.41, 5.74) is 2.55. The fraction of sp³-hybridized carbons (Fsp3) is 0.353. The molecule has 2 N–H and O–H groups in total. The average Bonchev–Trinajstić information content (AvgIpc) is 3.21. The monoisotopic (exact) mass is 330 g/mol. The molecule has 1 aliphatic rings. The Morgan fingerprint density at radius 1 is 1.38 bits per heavy atom. The molecule has 1 aromatic heterocycles. The van der Waals surface area contributed by atoms with Crippen molar-refractivity contribution in [3.8, 4) is 11.1 Å². The Bertz CT molecular complexity index is 741. The normalized spacial score (nSPS) is 17.1. The summed E-state index contributed by atoms with van der Waals surface area (Å²) >= 11 is 0. The van der Waals surface area contributed by atoms with Crippen LogP contribution in [0.3, 0.4) is 0 Å². The molecule has 1 aromatic carbocycles. The molecule has 1 aliphatic heterocycles. The smallest absolute Gasteiger partial charge is 0.242 e. The lowest BCUT2D eigenvalue weighted by atomic mass is 10.0. The number of amides is 2. The summed E-state index contributed by atoms with van der Waals surface area (Å²) in [6, 6.07) is 6.08. The zero-order valence-electron chi connectivity index (χ0n) is 13.4. The first-order chi connectivity index (χ1) is 11.6. The number of rotatable bonds is 4. The van der Waals surface area contributed by atoms with Crippen molar-refractivity contribution in [1.82, 2.24) is 20.4 Å². The SMILES string of the molecule is CC(=O)NCC(=O)N1CCC[C@@H]1c1[nH]ncc1-c1ccc(F)cc1. The molecule has 0 saturated carbocycles. The van der Waals surface area contributed by atoms with Crippen LogP contribution in [0, 0.1) is 5.82 Å². The molecule has 1 atom stereocenters. The van der Waals surface area contributed by atoms with Crippen LogP contribution in [-0.4, -0.2) is 40.0 Å². The van der Waals surface area contributed by atoms with Crippen LogP contribution in [0.5, 0.6) is 0 Å². The highest BCUT2D eigenvalue weighted by atomic mass is 19.1. The first-order valence-corrected chi connectivity index (χ1v) is 7.89. The van der Waals surface area contributed by atoms with E-state index in [2.05, 4.69) is 15.5 Å². The number of H-pyrrole nitrogens is 1. The first kappa shape index (κ1) is 16.2. The van der Waals surface area contributed by atoms with Crippen LogP contribution in [0.25, 0.3) is 11.1 Å². The molecular weight excluding hydrogens is 311 g/mol. The summed E-state index contributed by atoms with van der Waals surface area (Å²) in [7, 11) is 0. The summed E-state index contributed by atoms with van der Waals surface area (Å²) < 4.78 is 13.1. The van der Waals surface area contributed by atoms with Gasteiger partial charge in [-0.05, 0) is 30.5 Å². The number of likely N-dealkylation sites (tertiary alicyclic amines) is 1. The van der Waals surface area contributed by atoms with Crippen molar-refractivity contribution in [3.05, 3.63) is 42.0 Å². The Labute approximate surface area is 139 Å². The van der Waals surface area contributed by atoms with Crippen LogP contribution in [0.4, 0.5) is 4.39 Å². The Balaban J connectivity index is 1.83. The van der Waals surface area contributed by atoms with Crippen molar-refractivity contribution in [2.45, 2.75) is 25.8 Å². The van der Waals surface area contributed by atoms with Crippen molar-refractivity contribution < 1.29 is 14.0 Å². The van der Waals surface area contributed by atoms with E-state index >= 15 is 0 Å². The number of carbonyl (C=O) groups is 2. The van der Waals surface area contributed by atoms with Gasteiger partial charge in [0.25, 0.3) is 0 Å². The lowest BCUT2D eigenvalue weighted by Gasteiger charge is -2.25. The Hall–Kier alpha value is -2.70. The van der Waals surface area contributed by atoms with Gasteiger partial charge in [0.1, 0.15) is 5.82 Å². The third kappa shape index (κ3) is 3.29. The van der Waals surface area contributed by atoms with E-state index in [-0.39, 0.29) is 30.2 Å². The maximum absolute atomic E-state index is 13.1. The predicted octanol–water partition coefficient (Wildman–Crippen LogP) is 2.02. The molecule has 0 aliphatic carbocycles. The molecule has 0 spiro atoms. The van der Waals surface area contributed by atoms with Crippen molar-refractivity contribution in [2.75, 3.05) is 13.1 Å². The van der Waals surface area contributed by atoms with E-state index in [9.17, 15) is 14.0 Å². The molecule has 6 nitrogen and oxygen atoms in total. The van der Waals surface area contributed by atoms with Gasteiger partial charge in [0.2, 0.25) is 11.8 Å². The fourth-order valence-electron chi connectivity index (χ4n) is 3.08. The predicted molar refractivity (Wildman–Crippen MR) is 86.4 cm³/mol. The molecule has 3 rings (SSSR count). The van der Waals surface area contributed by atoms with Crippen molar-refractivity contribution in [3.63, 3.8) is 0 Å². The number of hydrogen-bond donors (Lipinski definition) is 2. The maximum atomic E-state index is 13.1. The zero-order chi connectivity index (χ0) is 17.1. The second-order valence-corrected chi connectivity index (χ2v) is 5.86. The Morgan fingerprint density at radius 3 is 2.83 bits per heavy atom. The minimum absolute atomic E-state index is 0.00808. The molecule has 2 heterocycles.